The summed E-state index contributed by atoms with van der Waals surface area (Å²) in [5.74, 6) is 0.258. The maximum Gasteiger partial charge on any atom is 0.263 e. The topological polar surface area (TPSA) is 89.7 Å². The van der Waals surface area contributed by atoms with Crippen LogP contribution >= 0.6 is 35.3 Å². The van der Waals surface area contributed by atoms with Crippen LogP contribution in [0.1, 0.15) is 28.1 Å². The molecule has 7 nitrogen and oxygen atoms in total. The highest BCUT2D eigenvalue weighted by Gasteiger charge is 2.27. The standard InChI is InChI=1S/C18H23ClN4O3S.ClH/c1-10-12-14(20)15(16(24)21-11-2-3-11)27-18(12)22-17(13(10)19)26-9-6-23-4-7-25-8-5-23;/h11H,2-9,20H2,1H3,(H,21,24);1H. The van der Waals surface area contributed by atoms with E-state index in [1.807, 2.05) is 6.92 Å². The number of pyridine rings is 1. The highest BCUT2D eigenvalue weighted by Crippen LogP contribution is 2.40. The van der Waals surface area contributed by atoms with Crippen LogP contribution in [-0.2, 0) is 4.74 Å². The molecule has 0 bridgehead atoms. The van der Waals surface area contributed by atoms with Crippen LogP contribution in [0.5, 0.6) is 5.88 Å². The average molecular weight is 447 g/mol. The summed E-state index contributed by atoms with van der Waals surface area (Å²) in [7, 11) is 0. The Labute approximate surface area is 178 Å². The normalized spacial score (nSPS) is 17.4. The number of nitrogens with two attached hydrogens (primary N) is 1. The van der Waals surface area contributed by atoms with Crippen LogP contribution < -0.4 is 15.8 Å². The van der Waals surface area contributed by atoms with E-state index in [9.17, 15) is 4.79 Å². The molecule has 1 saturated heterocycles. The maximum absolute atomic E-state index is 12.4. The van der Waals surface area contributed by atoms with Crippen LogP contribution in [0.2, 0.25) is 5.02 Å². The number of carbonyl (C=O) groups is 1. The molecule has 28 heavy (non-hydrogen) atoms. The predicted octanol–water partition coefficient (Wildman–Crippen LogP) is 2.87. The van der Waals surface area contributed by atoms with Crippen LogP contribution in [0.4, 0.5) is 5.69 Å². The Kier molecular flexibility index (Phi) is 6.88. The van der Waals surface area contributed by atoms with Gasteiger partial charge < -0.3 is 20.5 Å². The number of halogens is 2. The van der Waals surface area contributed by atoms with E-state index in [2.05, 4.69) is 15.2 Å². The van der Waals surface area contributed by atoms with Crippen molar-refractivity contribution in [2.75, 3.05) is 45.2 Å². The van der Waals surface area contributed by atoms with Gasteiger partial charge in [-0.05, 0) is 25.3 Å². The zero-order valence-electron chi connectivity index (χ0n) is 15.6. The Bertz CT molecular complexity index is 866. The number of ether oxygens (including phenoxy) is 2. The van der Waals surface area contributed by atoms with E-state index in [4.69, 9.17) is 26.8 Å². The molecule has 154 valence electrons. The monoisotopic (exact) mass is 446 g/mol. The van der Waals surface area contributed by atoms with Gasteiger partial charge >= 0.3 is 0 Å². The van der Waals surface area contributed by atoms with E-state index in [0.717, 1.165) is 56.6 Å². The molecule has 0 unspecified atom stereocenters. The fourth-order valence-corrected chi connectivity index (χ4v) is 4.37. The van der Waals surface area contributed by atoms with Gasteiger partial charge in [0.25, 0.3) is 5.91 Å². The summed E-state index contributed by atoms with van der Waals surface area (Å²) in [6.45, 7) is 6.49. The molecule has 0 spiro atoms. The molecule has 0 atom stereocenters. The molecule has 4 rings (SSSR count). The minimum Gasteiger partial charge on any atom is -0.475 e. The molecular weight excluding hydrogens is 423 g/mol. The van der Waals surface area contributed by atoms with Gasteiger partial charge in [0.15, 0.2) is 0 Å². The van der Waals surface area contributed by atoms with Gasteiger partial charge in [0.05, 0.1) is 18.9 Å². The highest BCUT2D eigenvalue weighted by molar-refractivity contribution is 7.21. The van der Waals surface area contributed by atoms with E-state index in [-0.39, 0.29) is 24.4 Å². The van der Waals surface area contributed by atoms with Gasteiger partial charge in [-0.3, -0.25) is 9.69 Å². The van der Waals surface area contributed by atoms with Crippen LogP contribution in [0.15, 0.2) is 0 Å². The number of rotatable bonds is 6. The molecule has 1 amide bonds. The summed E-state index contributed by atoms with van der Waals surface area (Å²) in [5, 5.41) is 4.16. The first-order chi connectivity index (χ1) is 13.0. The number of anilines is 1. The van der Waals surface area contributed by atoms with Crippen LogP contribution in [0, 0.1) is 6.92 Å². The lowest BCUT2D eigenvalue weighted by Crippen LogP contribution is -2.38. The van der Waals surface area contributed by atoms with Gasteiger partial charge in [-0.1, -0.05) is 11.6 Å². The summed E-state index contributed by atoms with van der Waals surface area (Å²) in [6, 6.07) is 0.277. The highest BCUT2D eigenvalue weighted by atomic mass is 35.5. The number of carbonyl (C=O) groups excluding carboxylic acids is 1. The van der Waals surface area contributed by atoms with E-state index in [0.29, 0.717) is 32.9 Å². The molecule has 1 aliphatic carbocycles. The number of thiophene rings is 1. The lowest BCUT2D eigenvalue weighted by atomic mass is 10.1. The van der Waals surface area contributed by atoms with Gasteiger partial charge in [0, 0.05) is 31.1 Å². The van der Waals surface area contributed by atoms with Crippen molar-refractivity contribution in [2.45, 2.75) is 25.8 Å². The fourth-order valence-electron chi connectivity index (χ4n) is 3.12. The molecule has 3 heterocycles. The summed E-state index contributed by atoms with van der Waals surface area (Å²) in [6.07, 6.45) is 2.06. The zero-order chi connectivity index (χ0) is 19.0. The first-order valence-corrected chi connectivity index (χ1v) is 10.4. The molecule has 10 heteroatoms. The number of amides is 1. The van der Waals surface area contributed by atoms with E-state index in [1.54, 1.807) is 0 Å². The number of hydrogen-bond acceptors (Lipinski definition) is 7. The molecule has 0 aromatic carbocycles. The number of nitrogen functional groups attached to an aromatic ring is 1. The number of nitrogens with zero attached hydrogens (tertiary/aromatic N) is 2. The van der Waals surface area contributed by atoms with Crippen molar-refractivity contribution in [2.24, 2.45) is 0 Å². The summed E-state index contributed by atoms with van der Waals surface area (Å²) in [5.41, 5.74) is 7.48. The maximum atomic E-state index is 12.4. The number of morpholine rings is 1. The molecule has 0 radical (unpaired) electrons. The quantitative estimate of drug-likeness (QED) is 0.708. The molecule has 1 aliphatic heterocycles. The third-order valence-electron chi connectivity index (χ3n) is 4.89. The van der Waals surface area contributed by atoms with Crippen molar-refractivity contribution >= 4 is 57.2 Å². The lowest BCUT2D eigenvalue weighted by Gasteiger charge is -2.26. The van der Waals surface area contributed by atoms with Crippen molar-refractivity contribution in [1.82, 2.24) is 15.2 Å². The smallest absolute Gasteiger partial charge is 0.263 e. The Morgan fingerprint density at radius 2 is 2.14 bits per heavy atom. The minimum atomic E-state index is -0.136. The SMILES string of the molecule is Cc1c(Cl)c(OCCN2CCOCC2)nc2sc(C(=O)NC3CC3)c(N)c12.Cl. The van der Waals surface area contributed by atoms with Crippen molar-refractivity contribution in [3.8, 4) is 5.88 Å². The Morgan fingerprint density at radius 3 is 2.82 bits per heavy atom. The summed E-state index contributed by atoms with van der Waals surface area (Å²) >= 11 is 7.76. The second-order valence-electron chi connectivity index (χ2n) is 6.93. The minimum absolute atomic E-state index is 0. The average Bonchev–Trinajstić information content (AvgIpc) is 3.41. The van der Waals surface area contributed by atoms with Gasteiger partial charge in [-0.15, -0.1) is 23.7 Å². The molecule has 3 N–H and O–H groups in total. The number of aryl methyl sites for hydroxylation is 1. The third-order valence-corrected chi connectivity index (χ3v) is 6.43. The van der Waals surface area contributed by atoms with E-state index >= 15 is 0 Å². The molecule has 2 aliphatic rings. The summed E-state index contributed by atoms with van der Waals surface area (Å²) < 4.78 is 11.2. The Balaban J connectivity index is 0.00000225. The van der Waals surface area contributed by atoms with Crippen molar-refractivity contribution in [3.05, 3.63) is 15.5 Å². The zero-order valence-corrected chi connectivity index (χ0v) is 18.0. The molecule has 2 aromatic heterocycles. The van der Waals surface area contributed by atoms with Crippen LogP contribution in [0.3, 0.4) is 0 Å². The first-order valence-electron chi connectivity index (χ1n) is 9.16. The molecule has 1 saturated carbocycles. The largest absolute Gasteiger partial charge is 0.475 e. The molecule has 2 aromatic rings. The number of hydrogen-bond donors (Lipinski definition) is 2. The second kappa shape index (κ2) is 9.00. The van der Waals surface area contributed by atoms with Gasteiger partial charge in [-0.2, -0.15) is 0 Å². The van der Waals surface area contributed by atoms with Crippen LogP contribution in [-0.4, -0.2) is 61.3 Å². The number of aromatic nitrogens is 1. The van der Waals surface area contributed by atoms with Crippen LogP contribution in [0.25, 0.3) is 10.2 Å². The third kappa shape index (κ3) is 4.46. The van der Waals surface area contributed by atoms with E-state index < -0.39 is 0 Å². The first kappa shape index (κ1) is 21.4. The lowest BCUT2D eigenvalue weighted by molar-refractivity contribution is 0.0320. The predicted molar refractivity (Wildman–Crippen MR) is 114 cm³/mol. The van der Waals surface area contributed by atoms with Crippen molar-refractivity contribution in [3.63, 3.8) is 0 Å². The molecule has 2 fully saturated rings. The van der Waals surface area contributed by atoms with Crippen molar-refractivity contribution in [1.29, 1.82) is 0 Å². The number of nitrogens with one attached hydrogen (secondary N) is 1. The van der Waals surface area contributed by atoms with Gasteiger partial charge in [0.1, 0.15) is 21.3 Å². The Morgan fingerprint density at radius 1 is 1.43 bits per heavy atom. The van der Waals surface area contributed by atoms with Gasteiger partial charge in [-0.25, -0.2) is 4.98 Å². The fraction of sp³-hybridized carbons (Fsp3) is 0.556. The number of fused-ring (bicyclic) bond motifs is 1. The summed E-state index contributed by atoms with van der Waals surface area (Å²) in [4.78, 5) is 20.4. The second-order valence-corrected chi connectivity index (χ2v) is 8.31. The van der Waals surface area contributed by atoms with Gasteiger partial charge in [0.2, 0.25) is 5.88 Å². The van der Waals surface area contributed by atoms with Crippen molar-refractivity contribution < 1.29 is 14.3 Å². The molecular formula is C18H24Cl2N4O3S. The Hall–Kier alpha value is -1.32. The van der Waals surface area contributed by atoms with E-state index in [1.165, 1.54) is 11.3 Å².